The lowest BCUT2D eigenvalue weighted by molar-refractivity contribution is 0.150. The van der Waals surface area contributed by atoms with Gasteiger partial charge in [-0.05, 0) is 19.1 Å². The fourth-order valence-electron chi connectivity index (χ4n) is 1.23. The first-order chi connectivity index (χ1) is 6.27. The molecule has 1 aromatic heterocycles. The summed E-state index contributed by atoms with van der Waals surface area (Å²) in [5.41, 5.74) is 0. The van der Waals surface area contributed by atoms with Crippen molar-refractivity contribution in [2.75, 3.05) is 11.4 Å². The van der Waals surface area contributed by atoms with Crippen molar-refractivity contribution in [1.82, 2.24) is 10.2 Å². The Bertz CT molecular complexity index is 314. The Morgan fingerprint density at radius 2 is 2.54 bits per heavy atom. The van der Waals surface area contributed by atoms with Crippen LogP contribution < -0.4 is 4.90 Å². The van der Waals surface area contributed by atoms with E-state index in [1.54, 1.807) is 18.3 Å². The van der Waals surface area contributed by atoms with E-state index in [1.165, 1.54) is 4.90 Å². The van der Waals surface area contributed by atoms with Crippen molar-refractivity contribution < 1.29 is 9.53 Å². The Morgan fingerprint density at radius 1 is 1.69 bits per heavy atom. The normalized spacial score (nSPS) is 21.8. The van der Waals surface area contributed by atoms with E-state index in [4.69, 9.17) is 4.74 Å². The smallest absolute Gasteiger partial charge is 0.415 e. The lowest BCUT2D eigenvalue weighted by Crippen LogP contribution is -2.25. The van der Waals surface area contributed by atoms with E-state index in [2.05, 4.69) is 10.2 Å². The zero-order chi connectivity index (χ0) is 9.26. The van der Waals surface area contributed by atoms with Gasteiger partial charge < -0.3 is 4.74 Å². The summed E-state index contributed by atoms with van der Waals surface area (Å²) in [4.78, 5) is 12.7. The van der Waals surface area contributed by atoms with Gasteiger partial charge in [-0.3, -0.25) is 4.90 Å². The monoisotopic (exact) mass is 179 g/mol. The van der Waals surface area contributed by atoms with Gasteiger partial charge >= 0.3 is 6.09 Å². The van der Waals surface area contributed by atoms with Crippen LogP contribution in [-0.2, 0) is 4.74 Å². The van der Waals surface area contributed by atoms with Gasteiger partial charge in [0.25, 0.3) is 0 Å². The summed E-state index contributed by atoms with van der Waals surface area (Å²) in [5.74, 6) is 0.539. The molecule has 1 aliphatic heterocycles. The Kier molecular flexibility index (Phi) is 1.84. The highest BCUT2D eigenvalue weighted by Crippen LogP contribution is 2.17. The number of aromatic nitrogens is 2. The second-order valence-electron chi connectivity index (χ2n) is 2.89. The molecule has 0 aliphatic carbocycles. The van der Waals surface area contributed by atoms with Gasteiger partial charge in [0.05, 0.1) is 6.54 Å². The lowest BCUT2D eigenvalue weighted by Gasteiger charge is -2.08. The second kappa shape index (κ2) is 3.01. The summed E-state index contributed by atoms with van der Waals surface area (Å²) in [6.07, 6.45) is 1.14. The highest BCUT2D eigenvalue weighted by Gasteiger charge is 2.30. The van der Waals surface area contributed by atoms with Crippen LogP contribution in [0.25, 0.3) is 0 Å². The summed E-state index contributed by atoms with van der Waals surface area (Å²) in [7, 11) is 0. The SMILES string of the molecule is C[C@H]1CN(c2cccnn2)C(=O)O1. The Balaban J connectivity index is 2.23. The van der Waals surface area contributed by atoms with E-state index in [0.717, 1.165) is 0 Å². The predicted octanol–water partition coefficient (Wildman–Crippen LogP) is 0.822. The van der Waals surface area contributed by atoms with Crippen molar-refractivity contribution in [2.24, 2.45) is 0 Å². The number of hydrogen-bond acceptors (Lipinski definition) is 4. The maximum absolute atomic E-state index is 11.2. The minimum absolute atomic E-state index is 0.0745. The number of carbonyl (C=O) groups excluding carboxylic acids is 1. The van der Waals surface area contributed by atoms with E-state index in [-0.39, 0.29) is 12.2 Å². The molecule has 2 rings (SSSR count). The molecule has 13 heavy (non-hydrogen) atoms. The fraction of sp³-hybridized carbons (Fsp3) is 0.375. The zero-order valence-corrected chi connectivity index (χ0v) is 7.17. The topological polar surface area (TPSA) is 55.3 Å². The number of carbonyl (C=O) groups is 1. The van der Waals surface area contributed by atoms with Gasteiger partial charge in [0.1, 0.15) is 6.10 Å². The summed E-state index contributed by atoms with van der Waals surface area (Å²) in [6, 6.07) is 3.46. The van der Waals surface area contributed by atoms with Crippen LogP contribution in [0.5, 0.6) is 0 Å². The van der Waals surface area contributed by atoms with Crippen molar-refractivity contribution in [3.63, 3.8) is 0 Å². The largest absolute Gasteiger partial charge is 0.444 e. The molecule has 1 aromatic rings. The van der Waals surface area contributed by atoms with E-state index in [0.29, 0.717) is 12.4 Å². The number of rotatable bonds is 1. The van der Waals surface area contributed by atoms with E-state index in [9.17, 15) is 4.79 Å². The molecular weight excluding hydrogens is 170 g/mol. The third-order valence-electron chi connectivity index (χ3n) is 1.80. The summed E-state index contributed by atoms with van der Waals surface area (Å²) >= 11 is 0. The first kappa shape index (κ1) is 7.97. The molecule has 0 saturated carbocycles. The maximum Gasteiger partial charge on any atom is 0.415 e. The molecule has 5 nitrogen and oxygen atoms in total. The van der Waals surface area contributed by atoms with Gasteiger partial charge in [0.15, 0.2) is 5.82 Å². The molecule has 0 radical (unpaired) electrons. The molecule has 1 fully saturated rings. The minimum atomic E-state index is -0.354. The fourth-order valence-corrected chi connectivity index (χ4v) is 1.23. The van der Waals surface area contributed by atoms with Gasteiger partial charge in [-0.1, -0.05) is 0 Å². The lowest BCUT2D eigenvalue weighted by atomic mass is 10.4. The van der Waals surface area contributed by atoms with Gasteiger partial charge in [-0.15, -0.1) is 5.10 Å². The summed E-state index contributed by atoms with van der Waals surface area (Å²) < 4.78 is 4.95. The van der Waals surface area contributed by atoms with Crippen LogP contribution in [0, 0.1) is 0 Å². The molecule has 0 aromatic carbocycles. The van der Waals surface area contributed by atoms with Crippen molar-refractivity contribution in [1.29, 1.82) is 0 Å². The molecule has 1 aliphatic rings. The summed E-state index contributed by atoms with van der Waals surface area (Å²) in [5, 5.41) is 7.51. The molecule has 68 valence electrons. The number of amides is 1. The van der Waals surface area contributed by atoms with Crippen molar-refractivity contribution >= 4 is 11.9 Å². The third kappa shape index (κ3) is 1.44. The van der Waals surface area contributed by atoms with Gasteiger partial charge in [0, 0.05) is 6.20 Å². The number of cyclic esters (lactones) is 1. The van der Waals surface area contributed by atoms with E-state index in [1.807, 2.05) is 6.92 Å². The second-order valence-corrected chi connectivity index (χ2v) is 2.89. The molecular formula is C8H9N3O2. The number of ether oxygens (including phenoxy) is 1. The van der Waals surface area contributed by atoms with Crippen LogP contribution in [0.15, 0.2) is 18.3 Å². The van der Waals surface area contributed by atoms with Crippen molar-refractivity contribution in [3.05, 3.63) is 18.3 Å². The molecule has 0 unspecified atom stereocenters. The first-order valence-electron chi connectivity index (χ1n) is 4.03. The Labute approximate surface area is 75.3 Å². The molecule has 5 heteroatoms. The van der Waals surface area contributed by atoms with Crippen LogP contribution in [-0.4, -0.2) is 28.9 Å². The van der Waals surface area contributed by atoms with Gasteiger partial charge in [-0.2, -0.15) is 5.10 Å². The molecule has 0 bridgehead atoms. The molecule has 1 amide bonds. The number of nitrogens with zero attached hydrogens (tertiary/aromatic N) is 3. The Hall–Kier alpha value is -1.65. The number of hydrogen-bond donors (Lipinski definition) is 0. The number of anilines is 1. The first-order valence-corrected chi connectivity index (χ1v) is 4.03. The Morgan fingerprint density at radius 3 is 3.08 bits per heavy atom. The highest BCUT2D eigenvalue weighted by atomic mass is 16.6. The van der Waals surface area contributed by atoms with Crippen LogP contribution in [0.1, 0.15) is 6.92 Å². The van der Waals surface area contributed by atoms with Crippen molar-refractivity contribution in [3.8, 4) is 0 Å². The predicted molar refractivity (Wildman–Crippen MR) is 45.3 cm³/mol. The standard InChI is InChI=1S/C8H9N3O2/c1-6-5-11(8(12)13-6)7-3-2-4-9-10-7/h2-4,6H,5H2,1H3/t6-/m0/s1. The molecule has 1 saturated heterocycles. The van der Waals surface area contributed by atoms with Crippen LogP contribution in [0.4, 0.5) is 10.6 Å². The molecule has 0 N–H and O–H groups in total. The quantitative estimate of drug-likeness (QED) is 0.640. The van der Waals surface area contributed by atoms with Crippen LogP contribution in [0.2, 0.25) is 0 Å². The van der Waals surface area contributed by atoms with Gasteiger partial charge in [0.2, 0.25) is 0 Å². The summed E-state index contributed by atoms with van der Waals surface area (Å²) in [6.45, 7) is 2.38. The average molecular weight is 179 g/mol. The van der Waals surface area contributed by atoms with Crippen LogP contribution >= 0.6 is 0 Å². The molecule has 0 spiro atoms. The van der Waals surface area contributed by atoms with Gasteiger partial charge in [-0.25, -0.2) is 4.79 Å². The average Bonchev–Trinajstić information content (AvgIpc) is 2.47. The minimum Gasteiger partial charge on any atom is -0.444 e. The molecule has 2 heterocycles. The zero-order valence-electron chi connectivity index (χ0n) is 7.17. The van der Waals surface area contributed by atoms with Crippen LogP contribution in [0.3, 0.4) is 0 Å². The van der Waals surface area contributed by atoms with E-state index < -0.39 is 0 Å². The van der Waals surface area contributed by atoms with E-state index >= 15 is 0 Å². The highest BCUT2D eigenvalue weighted by molar-refractivity contribution is 5.88. The molecule has 1 atom stereocenters. The van der Waals surface area contributed by atoms with Crippen molar-refractivity contribution in [2.45, 2.75) is 13.0 Å². The maximum atomic E-state index is 11.2. The third-order valence-corrected chi connectivity index (χ3v) is 1.80.